The highest BCUT2D eigenvalue weighted by Gasteiger charge is 2.34. The van der Waals surface area contributed by atoms with E-state index in [4.69, 9.17) is 23.2 Å². The number of para-hydroxylation sites is 1. The number of benzene rings is 2. The number of nitrogens with zero attached hydrogens (tertiary/aromatic N) is 3. The number of fused-ring (bicyclic) bond motifs is 1. The van der Waals surface area contributed by atoms with Crippen LogP contribution in [-0.2, 0) is 6.18 Å². The average Bonchev–Trinajstić information content (AvgIpc) is 3.05. The molecule has 11 heteroatoms. The topological polar surface area (TPSA) is 70.8 Å². The largest absolute Gasteiger partial charge is 0.545 e. The van der Waals surface area contributed by atoms with E-state index in [0.29, 0.717) is 0 Å². The SMILES string of the molecule is Cc1nn(-c2ccccc2C(F)(F)F)c2nc(-c3cc(F)c(Cl)cc3Cl)cc(C(=O)[O-])c12. The maximum absolute atomic E-state index is 14.1. The molecule has 0 saturated heterocycles. The maximum atomic E-state index is 14.1. The van der Waals surface area contributed by atoms with Crippen LogP contribution in [0.25, 0.3) is 28.0 Å². The number of pyridine rings is 1. The number of rotatable bonds is 3. The summed E-state index contributed by atoms with van der Waals surface area (Å²) in [6.07, 6.45) is -4.71. The first kappa shape index (κ1) is 22.0. The van der Waals surface area contributed by atoms with Gasteiger partial charge in [0.25, 0.3) is 0 Å². The summed E-state index contributed by atoms with van der Waals surface area (Å²) in [4.78, 5) is 16.1. The van der Waals surface area contributed by atoms with Gasteiger partial charge in [0, 0.05) is 11.1 Å². The molecule has 5 nitrogen and oxygen atoms in total. The van der Waals surface area contributed by atoms with Crippen LogP contribution in [0, 0.1) is 12.7 Å². The van der Waals surface area contributed by atoms with E-state index in [9.17, 15) is 27.5 Å². The lowest BCUT2D eigenvalue weighted by Gasteiger charge is -2.14. The molecule has 0 aliphatic heterocycles. The van der Waals surface area contributed by atoms with Crippen LogP contribution in [0.1, 0.15) is 21.6 Å². The second-order valence-electron chi connectivity index (χ2n) is 6.80. The van der Waals surface area contributed by atoms with Crippen molar-refractivity contribution in [2.24, 2.45) is 0 Å². The van der Waals surface area contributed by atoms with Crippen LogP contribution in [0.2, 0.25) is 10.0 Å². The monoisotopic (exact) mass is 482 g/mol. The lowest BCUT2D eigenvalue weighted by atomic mass is 10.1. The molecule has 0 saturated carbocycles. The summed E-state index contributed by atoms with van der Waals surface area (Å²) >= 11 is 11.9. The minimum absolute atomic E-state index is 0.00697. The van der Waals surface area contributed by atoms with Crippen LogP contribution < -0.4 is 5.11 Å². The van der Waals surface area contributed by atoms with E-state index in [1.54, 1.807) is 0 Å². The van der Waals surface area contributed by atoms with E-state index in [-0.39, 0.29) is 49.3 Å². The van der Waals surface area contributed by atoms with Gasteiger partial charge in [0.1, 0.15) is 5.82 Å². The molecule has 2 aromatic heterocycles. The highest BCUT2D eigenvalue weighted by molar-refractivity contribution is 6.36. The molecule has 0 fully saturated rings. The molecule has 2 aromatic carbocycles. The maximum Gasteiger partial charge on any atom is 0.418 e. The number of carbonyl (C=O) groups excluding carboxylic acids is 1. The summed E-state index contributed by atoms with van der Waals surface area (Å²) in [6, 6.07) is 7.80. The summed E-state index contributed by atoms with van der Waals surface area (Å²) in [5, 5.41) is 15.6. The lowest BCUT2D eigenvalue weighted by Crippen LogP contribution is -2.23. The second kappa shape index (κ2) is 7.75. The van der Waals surface area contributed by atoms with E-state index in [0.717, 1.165) is 28.9 Å². The van der Waals surface area contributed by atoms with Crippen LogP contribution >= 0.6 is 23.2 Å². The van der Waals surface area contributed by atoms with Crippen molar-refractivity contribution < 1.29 is 27.5 Å². The van der Waals surface area contributed by atoms with Crippen molar-refractivity contribution in [1.82, 2.24) is 14.8 Å². The van der Waals surface area contributed by atoms with Crippen molar-refractivity contribution in [2.45, 2.75) is 13.1 Å². The Morgan fingerprint density at radius 3 is 2.44 bits per heavy atom. The summed E-state index contributed by atoms with van der Waals surface area (Å²) in [5.74, 6) is -2.45. The summed E-state index contributed by atoms with van der Waals surface area (Å²) in [6.45, 7) is 1.43. The predicted molar refractivity (Wildman–Crippen MR) is 108 cm³/mol. The number of carboxylic acid groups (broad SMARTS) is 1. The van der Waals surface area contributed by atoms with E-state index < -0.39 is 23.5 Å². The molecule has 164 valence electrons. The second-order valence-corrected chi connectivity index (χ2v) is 7.61. The number of carboxylic acids is 1. The smallest absolute Gasteiger partial charge is 0.418 e. The quantitative estimate of drug-likeness (QED) is 0.296. The first-order chi connectivity index (χ1) is 15.0. The van der Waals surface area contributed by atoms with E-state index >= 15 is 0 Å². The molecular formula is C21H10Cl2F4N3O2-. The predicted octanol–water partition coefficient (Wildman–Crippen LogP) is 5.22. The molecule has 0 spiro atoms. The van der Waals surface area contributed by atoms with Gasteiger partial charge in [-0.3, -0.25) is 0 Å². The van der Waals surface area contributed by atoms with Crippen molar-refractivity contribution >= 4 is 40.2 Å². The number of carbonyl (C=O) groups is 1. The highest BCUT2D eigenvalue weighted by atomic mass is 35.5. The standard InChI is InChI=1S/C21H11Cl2F4N3O2/c1-9-18-11(20(31)32)7-16(10-6-15(24)14(23)8-13(10)22)28-19(18)30(29-9)17-5-3-2-4-12(17)21(25,26)27/h2-8H,1H3,(H,31,32)/p-1. The van der Waals surface area contributed by atoms with Crippen molar-refractivity contribution in [3.63, 3.8) is 0 Å². The van der Waals surface area contributed by atoms with Gasteiger partial charge in [-0.2, -0.15) is 18.3 Å². The summed E-state index contributed by atoms with van der Waals surface area (Å²) in [7, 11) is 0. The van der Waals surface area contributed by atoms with Crippen LogP contribution in [0.4, 0.5) is 17.6 Å². The zero-order valence-electron chi connectivity index (χ0n) is 16.0. The number of aromatic nitrogens is 3. The Balaban J connectivity index is 2.10. The molecule has 4 aromatic rings. The lowest BCUT2D eigenvalue weighted by molar-refractivity contribution is -0.254. The van der Waals surface area contributed by atoms with Crippen LogP contribution in [0.15, 0.2) is 42.5 Å². The Morgan fingerprint density at radius 2 is 1.78 bits per heavy atom. The zero-order valence-corrected chi connectivity index (χ0v) is 17.5. The third-order valence-electron chi connectivity index (χ3n) is 4.76. The number of halogens is 6. The molecule has 2 heterocycles. The fourth-order valence-electron chi connectivity index (χ4n) is 3.37. The van der Waals surface area contributed by atoms with E-state index in [1.165, 1.54) is 25.1 Å². The fraction of sp³-hybridized carbons (Fsp3) is 0.0952. The molecule has 0 aliphatic carbocycles. The first-order valence-electron chi connectivity index (χ1n) is 8.92. The Hall–Kier alpha value is -3.17. The molecule has 0 N–H and O–H groups in total. The van der Waals surface area contributed by atoms with Gasteiger partial charge in [-0.1, -0.05) is 35.3 Å². The number of aromatic carboxylic acids is 1. The van der Waals surface area contributed by atoms with Gasteiger partial charge in [-0.25, -0.2) is 14.1 Å². The highest BCUT2D eigenvalue weighted by Crippen LogP contribution is 2.37. The van der Waals surface area contributed by atoms with Crippen LogP contribution in [-0.4, -0.2) is 20.7 Å². The van der Waals surface area contributed by atoms with E-state index in [1.807, 2.05) is 0 Å². The molecule has 32 heavy (non-hydrogen) atoms. The molecular weight excluding hydrogens is 473 g/mol. The molecule has 0 radical (unpaired) electrons. The molecule has 0 atom stereocenters. The number of alkyl halides is 3. The van der Waals surface area contributed by atoms with Crippen molar-refractivity contribution in [3.05, 3.63) is 75.1 Å². The zero-order chi connectivity index (χ0) is 23.4. The van der Waals surface area contributed by atoms with Gasteiger partial charge in [0.2, 0.25) is 0 Å². The number of hydrogen-bond donors (Lipinski definition) is 0. The minimum Gasteiger partial charge on any atom is -0.545 e. The van der Waals surface area contributed by atoms with Gasteiger partial charge in [-0.15, -0.1) is 0 Å². The van der Waals surface area contributed by atoms with Crippen LogP contribution in [0.5, 0.6) is 0 Å². The average molecular weight is 483 g/mol. The molecule has 0 aliphatic rings. The summed E-state index contributed by atoms with van der Waals surface area (Å²) in [5.41, 5.74) is -1.94. The third-order valence-corrected chi connectivity index (χ3v) is 5.36. The van der Waals surface area contributed by atoms with Gasteiger partial charge in [-0.05, 0) is 37.3 Å². The Morgan fingerprint density at radius 1 is 1.09 bits per heavy atom. The number of hydrogen-bond acceptors (Lipinski definition) is 4. The first-order valence-corrected chi connectivity index (χ1v) is 9.68. The molecule has 0 unspecified atom stereocenters. The Labute approximate surface area is 187 Å². The van der Waals surface area contributed by atoms with Crippen molar-refractivity contribution in [2.75, 3.05) is 0 Å². The normalized spacial score (nSPS) is 11.8. The van der Waals surface area contributed by atoms with Gasteiger partial charge >= 0.3 is 6.18 Å². The molecule has 0 amide bonds. The Bertz CT molecular complexity index is 1400. The van der Waals surface area contributed by atoms with Gasteiger partial charge in [0.05, 0.1) is 44.0 Å². The summed E-state index contributed by atoms with van der Waals surface area (Å²) < 4.78 is 55.7. The third kappa shape index (κ3) is 3.67. The van der Waals surface area contributed by atoms with Crippen molar-refractivity contribution in [1.29, 1.82) is 0 Å². The fourth-order valence-corrected chi connectivity index (χ4v) is 3.85. The van der Waals surface area contributed by atoms with Crippen molar-refractivity contribution in [3.8, 4) is 16.9 Å². The minimum atomic E-state index is -4.71. The van der Waals surface area contributed by atoms with E-state index in [2.05, 4.69) is 10.1 Å². The Kier molecular flexibility index (Phi) is 5.34. The van der Waals surface area contributed by atoms with Crippen LogP contribution in [0.3, 0.4) is 0 Å². The van der Waals surface area contributed by atoms with Gasteiger partial charge < -0.3 is 9.90 Å². The molecule has 4 rings (SSSR count). The van der Waals surface area contributed by atoms with Gasteiger partial charge in [0.15, 0.2) is 5.65 Å². The molecule has 0 bridgehead atoms. The number of aryl methyl sites for hydroxylation is 1.